The fraction of sp³-hybridized carbons (Fsp3) is 0.643. The van der Waals surface area contributed by atoms with Crippen LogP contribution in [0.1, 0.15) is 26.7 Å². The lowest BCUT2D eigenvalue weighted by Gasteiger charge is -2.14. The van der Waals surface area contributed by atoms with E-state index < -0.39 is 0 Å². The summed E-state index contributed by atoms with van der Waals surface area (Å²) in [4.78, 5) is 28.3. The van der Waals surface area contributed by atoms with Crippen LogP contribution in [0, 0.1) is 0 Å². The molecule has 0 fully saturated rings. The molecule has 0 aliphatic rings. The van der Waals surface area contributed by atoms with E-state index in [4.69, 9.17) is 0 Å². The normalized spacial score (nSPS) is 11.7. The van der Waals surface area contributed by atoms with Gasteiger partial charge in [0.05, 0.1) is 6.33 Å². The van der Waals surface area contributed by atoms with Crippen LogP contribution in [0.5, 0.6) is 0 Å². The first-order valence-corrected chi connectivity index (χ1v) is 7.35. The standard InChI is InChI=1S/C14H23N5O2/c1-5-10(6-2)15-7-8-19-9-16-12-11(19)13(20)18(4)14(21)17(12)3/h9-10,15H,5-8H2,1-4H3. The van der Waals surface area contributed by atoms with Gasteiger partial charge >= 0.3 is 5.69 Å². The van der Waals surface area contributed by atoms with Crippen molar-refractivity contribution in [2.24, 2.45) is 14.1 Å². The van der Waals surface area contributed by atoms with Crippen LogP contribution in [-0.4, -0.2) is 31.3 Å². The number of imidazole rings is 1. The minimum absolute atomic E-state index is 0.298. The predicted molar refractivity (Wildman–Crippen MR) is 82.6 cm³/mol. The predicted octanol–water partition coefficient (Wildman–Crippen LogP) is 0.212. The summed E-state index contributed by atoms with van der Waals surface area (Å²) in [6.45, 7) is 5.73. The van der Waals surface area contributed by atoms with Crippen LogP contribution in [0.4, 0.5) is 0 Å². The van der Waals surface area contributed by atoms with Crippen LogP contribution >= 0.6 is 0 Å². The van der Waals surface area contributed by atoms with Gasteiger partial charge in [-0.05, 0) is 12.8 Å². The number of aryl methyl sites for hydroxylation is 1. The van der Waals surface area contributed by atoms with Crippen LogP contribution in [0.2, 0.25) is 0 Å². The van der Waals surface area contributed by atoms with Crippen molar-refractivity contribution in [3.63, 3.8) is 0 Å². The molecule has 0 aromatic carbocycles. The average molecular weight is 293 g/mol. The fourth-order valence-electron chi connectivity index (χ4n) is 2.53. The van der Waals surface area contributed by atoms with Crippen molar-refractivity contribution < 1.29 is 0 Å². The lowest BCUT2D eigenvalue weighted by atomic mass is 10.2. The number of hydrogen-bond donors (Lipinski definition) is 1. The van der Waals surface area contributed by atoms with Gasteiger partial charge in [0, 0.05) is 33.2 Å². The van der Waals surface area contributed by atoms with E-state index in [9.17, 15) is 9.59 Å². The second-order valence-electron chi connectivity index (χ2n) is 5.28. The number of hydrogen-bond acceptors (Lipinski definition) is 4. The summed E-state index contributed by atoms with van der Waals surface area (Å²) in [5.41, 5.74) is 0.262. The topological polar surface area (TPSA) is 73.8 Å². The van der Waals surface area contributed by atoms with Gasteiger partial charge < -0.3 is 9.88 Å². The summed E-state index contributed by atoms with van der Waals surface area (Å²) in [5.74, 6) is 0. The van der Waals surface area contributed by atoms with E-state index in [1.807, 2.05) is 4.57 Å². The second-order valence-corrected chi connectivity index (χ2v) is 5.28. The molecule has 7 heteroatoms. The van der Waals surface area contributed by atoms with Crippen molar-refractivity contribution in [3.05, 3.63) is 27.2 Å². The van der Waals surface area contributed by atoms with E-state index in [1.54, 1.807) is 13.4 Å². The lowest BCUT2D eigenvalue weighted by Crippen LogP contribution is -2.38. The van der Waals surface area contributed by atoms with E-state index >= 15 is 0 Å². The Kier molecular flexibility index (Phi) is 4.62. The molecule has 0 bridgehead atoms. The Morgan fingerprint density at radius 3 is 2.48 bits per heavy atom. The Morgan fingerprint density at radius 2 is 1.86 bits per heavy atom. The van der Waals surface area contributed by atoms with E-state index in [1.165, 1.54) is 11.6 Å². The molecule has 21 heavy (non-hydrogen) atoms. The maximum absolute atomic E-state index is 12.3. The van der Waals surface area contributed by atoms with Crippen LogP contribution in [-0.2, 0) is 20.6 Å². The van der Waals surface area contributed by atoms with Crippen molar-refractivity contribution in [1.29, 1.82) is 0 Å². The Bertz CT molecular complexity index is 736. The number of rotatable bonds is 6. The van der Waals surface area contributed by atoms with E-state index in [2.05, 4.69) is 24.1 Å². The third kappa shape index (κ3) is 2.78. The van der Waals surface area contributed by atoms with Crippen molar-refractivity contribution in [2.45, 2.75) is 39.3 Å². The zero-order valence-corrected chi connectivity index (χ0v) is 13.1. The third-order valence-corrected chi connectivity index (χ3v) is 3.99. The molecule has 2 heterocycles. The minimum Gasteiger partial charge on any atom is -0.323 e. The van der Waals surface area contributed by atoms with Gasteiger partial charge in [-0.2, -0.15) is 0 Å². The second kappa shape index (κ2) is 6.26. The molecule has 2 aromatic rings. The summed E-state index contributed by atoms with van der Waals surface area (Å²) < 4.78 is 4.34. The van der Waals surface area contributed by atoms with Gasteiger partial charge in [0.1, 0.15) is 0 Å². The van der Waals surface area contributed by atoms with Gasteiger partial charge in [-0.25, -0.2) is 9.78 Å². The average Bonchev–Trinajstić information content (AvgIpc) is 2.91. The number of nitrogens with one attached hydrogen (secondary N) is 1. The molecule has 1 N–H and O–H groups in total. The summed E-state index contributed by atoms with van der Waals surface area (Å²) in [6.07, 6.45) is 3.79. The van der Waals surface area contributed by atoms with Crippen LogP contribution < -0.4 is 16.6 Å². The summed E-state index contributed by atoms with van der Waals surface area (Å²) >= 11 is 0. The Labute approximate surface area is 123 Å². The first kappa shape index (κ1) is 15.5. The zero-order valence-electron chi connectivity index (χ0n) is 13.1. The summed E-state index contributed by atoms with van der Waals surface area (Å²) in [6, 6.07) is 0.493. The Hall–Kier alpha value is -1.89. The highest BCUT2D eigenvalue weighted by Gasteiger charge is 2.14. The molecule has 0 aliphatic heterocycles. The quantitative estimate of drug-likeness (QED) is 0.826. The monoisotopic (exact) mass is 293 g/mol. The molecule has 0 amide bonds. The number of nitrogens with zero attached hydrogens (tertiary/aromatic N) is 4. The van der Waals surface area contributed by atoms with Crippen molar-refractivity contribution >= 4 is 11.2 Å². The highest BCUT2D eigenvalue weighted by molar-refractivity contribution is 5.69. The molecule has 0 atom stereocenters. The molecule has 2 rings (SSSR count). The van der Waals surface area contributed by atoms with Crippen molar-refractivity contribution in [2.75, 3.05) is 6.54 Å². The molecule has 0 aliphatic carbocycles. The van der Waals surface area contributed by atoms with Crippen LogP contribution in [0.3, 0.4) is 0 Å². The molecule has 2 aromatic heterocycles. The van der Waals surface area contributed by atoms with Gasteiger partial charge in [-0.3, -0.25) is 13.9 Å². The SMILES string of the molecule is CCC(CC)NCCn1cnc2c1c(=O)n(C)c(=O)n2C. The molecule has 0 spiro atoms. The molecule has 7 nitrogen and oxygen atoms in total. The summed E-state index contributed by atoms with van der Waals surface area (Å²) in [7, 11) is 3.12. The Balaban J connectivity index is 2.31. The zero-order chi connectivity index (χ0) is 15.6. The van der Waals surface area contributed by atoms with Crippen LogP contribution in [0.15, 0.2) is 15.9 Å². The highest BCUT2D eigenvalue weighted by Crippen LogP contribution is 2.05. The maximum Gasteiger partial charge on any atom is 0.332 e. The first-order valence-electron chi connectivity index (χ1n) is 7.35. The van der Waals surface area contributed by atoms with Gasteiger partial charge in [0.15, 0.2) is 11.2 Å². The van der Waals surface area contributed by atoms with E-state index in [0.29, 0.717) is 23.8 Å². The smallest absolute Gasteiger partial charge is 0.323 e. The van der Waals surface area contributed by atoms with Crippen molar-refractivity contribution in [1.82, 2.24) is 24.0 Å². The van der Waals surface area contributed by atoms with Crippen molar-refractivity contribution in [3.8, 4) is 0 Å². The molecular formula is C14H23N5O2. The molecular weight excluding hydrogens is 270 g/mol. The first-order chi connectivity index (χ1) is 10.0. The van der Waals surface area contributed by atoms with E-state index in [-0.39, 0.29) is 11.2 Å². The largest absolute Gasteiger partial charge is 0.332 e. The molecule has 0 saturated carbocycles. The summed E-state index contributed by atoms with van der Waals surface area (Å²) in [5, 5.41) is 3.46. The fourth-order valence-corrected chi connectivity index (χ4v) is 2.53. The van der Waals surface area contributed by atoms with Gasteiger partial charge in [0.2, 0.25) is 0 Å². The maximum atomic E-state index is 12.3. The minimum atomic E-state index is -0.354. The molecule has 0 saturated heterocycles. The van der Waals surface area contributed by atoms with E-state index in [0.717, 1.165) is 24.0 Å². The highest BCUT2D eigenvalue weighted by atomic mass is 16.2. The number of aromatic nitrogens is 4. The number of fused-ring (bicyclic) bond motifs is 1. The third-order valence-electron chi connectivity index (χ3n) is 3.99. The van der Waals surface area contributed by atoms with Gasteiger partial charge in [-0.15, -0.1) is 0 Å². The van der Waals surface area contributed by atoms with Gasteiger partial charge in [0.25, 0.3) is 5.56 Å². The van der Waals surface area contributed by atoms with Crippen LogP contribution in [0.25, 0.3) is 11.2 Å². The molecule has 116 valence electrons. The lowest BCUT2D eigenvalue weighted by molar-refractivity contribution is 0.467. The Morgan fingerprint density at radius 1 is 1.19 bits per heavy atom. The molecule has 0 unspecified atom stereocenters. The van der Waals surface area contributed by atoms with Gasteiger partial charge in [-0.1, -0.05) is 13.8 Å². The molecule has 0 radical (unpaired) electrons.